The van der Waals surface area contributed by atoms with Crippen molar-refractivity contribution in [1.29, 1.82) is 0 Å². The van der Waals surface area contributed by atoms with Crippen molar-refractivity contribution in [3.05, 3.63) is 11.7 Å². The molecule has 0 N–H and O–H groups in total. The topological polar surface area (TPSA) is 79.5 Å². The van der Waals surface area contributed by atoms with E-state index in [9.17, 15) is 9.50 Å². The number of nitrogens with zero attached hydrogens (tertiary/aromatic N) is 4. The van der Waals surface area contributed by atoms with Gasteiger partial charge in [0.15, 0.2) is 0 Å². The summed E-state index contributed by atoms with van der Waals surface area (Å²) in [7, 11) is 2.62. The molecule has 8 heteroatoms. The van der Waals surface area contributed by atoms with Crippen LogP contribution in [0.2, 0.25) is 0 Å². The number of amides is 1. The summed E-state index contributed by atoms with van der Waals surface area (Å²) in [5.41, 5.74) is -1.88. The molecule has 2 heterocycles. The normalized spacial score (nSPS) is 22.6. The van der Waals surface area contributed by atoms with Crippen molar-refractivity contribution in [2.75, 3.05) is 13.5 Å². The fraction of sp³-hybridized carbons (Fsp3) is 0.824. The zero-order valence-electron chi connectivity index (χ0n) is 17.0. The van der Waals surface area contributed by atoms with Crippen LogP contribution >= 0.6 is 0 Å². The predicted molar refractivity (Wildman–Crippen MR) is 96.4 cm³/mol. The standard InChI is InChI=1S/C15H25BN4O3.C2H6/c1-10-17-11(23-18-10)14(4,5)20-12(21)15(6,8-13(20,2)3)19(7)9-16-22;1-2/h8-9H2,1-7H3;1-2H3. The Morgan fingerprint density at radius 1 is 1.32 bits per heavy atom. The maximum atomic E-state index is 13.3. The van der Waals surface area contributed by atoms with Gasteiger partial charge in [-0.3, -0.25) is 0 Å². The van der Waals surface area contributed by atoms with E-state index in [2.05, 4.69) is 10.1 Å². The fourth-order valence-electron chi connectivity index (χ4n) is 3.78. The van der Waals surface area contributed by atoms with Gasteiger partial charge < -0.3 is 0 Å². The molecule has 1 aliphatic rings. The number of aryl methyl sites for hydroxylation is 1. The molecule has 0 saturated carbocycles. The first-order valence-electron chi connectivity index (χ1n) is 8.77. The average molecular weight is 350 g/mol. The quantitative estimate of drug-likeness (QED) is 0.759. The van der Waals surface area contributed by atoms with Crippen molar-refractivity contribution in [3.63, 3.8) is 0 Å². The van der Waals surface area contributed by atoms with Crippen molar-refractivity contribution in [1.82, 2.24) is 19.9 Å². The Labute approximate surface area is 151 Å². The van der Waals surface area contributed by atoms with Gasteiger partial charge in [0, 0.05) is 0 Å². The molecule has 1 unspecified atom stereocenters. The first-order valence-corrected chi connectivity index (χ1v) is 8.77. The zero-order chi connectivity index (χ0) is 19.6. The van der Waals surface area contributed by atoms with Gasteiger partial charge in [0.05, 0.1) is 0 Å². The van der Waals surface area contributed by atoms with Crippen LogP contribution in [0.15, 0.2) is 4.52 Å². The number of carbonyl (C=O) groups excluding carboxylic acids is 1. The van der Waals surface area contributed by atoms with Crippen molar-refractivity contribution in [2.24, 2.45) is 0 Å². The average Bonchev–Trinajstić information content (AvgIpc) is 3.02. The minimum absolute atomic E-state index is 0.0345. The summed E-state index contributed by atoms with van der Waals surface area (Å²) in [4.78, 5) is 21.2. The van der Waals surface area contributed by atoms with Crippen molar-refractivity contribution >= 4 is 13.1 Å². The van der Waals surface area contributed by atoms with Crippen LogP contribution in [-0.4, -0.2) is 57.6 Å². The van der Waals surface area contributed by atoms with E-state index < -0.39 is 16.6 Å². The van der Waals surface area contributed by atoms with E-state index in [-0.39, 0.29) is 12.4 Å². The third kappa shape index (κ3) is 3.68. The van der Waals surface area contributed by atoms with Gasteiger partial charge in [-0.15, -0.1) is 0 Å². The number of hydrogen-bond donors (Lipinski definition) is 0. The van der Waals surface area contributed by atoms with Crippen LogP contribution in [-0.2, 0) is 15.0 Å². The molecule has 25 heavy (non-hydrogen) atoms. The van der Waals surface area contributed by atoms with Gasteiger partial charge in [-0.1, -0.05) is 13.8 Å². The molecule has 7 nitrogen and oxygen atoms in total. The number of carbonyl (C=O) groups is 1. The number of rotatable bonds is 5. The minimum atomic E-state index is -0.739. The van der Waals surface area contributed by atoms with Gasteiger partial charge >= 0.3 is 137 Å². The molecule has 1 aromatic rings. The Morgan fingerprint density at radius 2 is 1.88 bits per heavy atom. The molecule has 1 fully saturated rings. The second-order valence-corrected chi connectivity index (χ2v) is 7.66. The SMILES string of the molecule is CC.Cc1noc(C(C)(C)N2C(=O)C(C)(N(C)CB=O)CC2(C)C)n1. The van der Waals surface area contributed by atoms with E-state index >= 15 is 0 Å². The molecule has 0 spiro atoms. The van der Waals surface area contributed by atoms with Crippen LogP contribution < -0.4 is 0 Å². The van der Waals surface area contributed by atoms with Gasteiger partial charge in [-0.05, 0) is 0 Å². The molecule has 0 aliphatic carbocycles. The molecular weight excluding hydrogens is 319 g/mol. The summed E-state index contributed by atoms with van der Waals surface area (Å²) in [5.74, 6) is 0.921. The molecule has 1 aromatic heterocycles. The van der Waals surface area contributed by atoms with E-state index in [0.29, 0.717) is 18.1 Å². The van der Waals surface area contributed by atoms with Crippen molar-refractivity contribution in [3.8, 4) is 0 Å². The van der Waals surface area contributed by atoms with Crippen molar-refractivity contribution in [2.45, 2.75) is 78.4 Å². The van der Waals surface area contributed by atoms with Gasteiger partial charge in [0.25, 0.3) is 0 Å². The first-order chi connectivity index (χ1) is 11.5. The summed E-state index contributed by atoms with van der Waals surface area (Å²) in [6, 6.07) is 0. The molecule has 1 amide bonds. The zero-order valence-corrected chi connectivity index (χ0v) is 17.0. The monoisotopic (exact) mass is 350 g/mol. The summed E-state index contributed by atoms with van der Waals surface area (Å²) in [6.07, 6.45) is 0.825. The predicted octanol–water partition coefficient (Wildman–Crippen LogP) is 2.35. The Morgan fingerprint density at radius 3 is 2.32 bits per heavy atom. The first kappa shape index (κ1) is 21.5. The van der Waals surface area contributed by atoms with Crippen LogP contribution in [0, 0.1) is 6.92 Å². The third-order valence-electron chi connectivity index (χ3n) is 4.85. The number of likely N-dealkylation sites (tertiary alicyclic amines) is 1. The maximum absolute atomic E-state index is 13.3. The molecule has 0 bridgehead atoms. The van der Waals surface area contributed by atoms with Gasteiger partial charge in [-0.2, -0.15) is 0 Å². The van der Waals surface area contributed by atoms with Gasteiger partial charge in [-0.25, -0.2) is 0 Å². The Hall–Kier alpha value is -1.57. The second kappa shape index (κ2) is 7.36. The van der Waals surface area contributed by atoms with E-state index in [1.54, 1.807) is 18.9 Å². The molecule has 0 radical (unpaired) electrons. The molecule has 0 aromatic carbocycles. The third-order valence-corrected chi connectivity index (χ3v) is 4.85. The van der Waals surface area contributed by atoms with Gasteiger partial charge in [0.1, 0.15) is 0 Å². The fourth-order valence-corrected chi connectivity index (χ4v) is 3.78. The van der Waals surface area contributed by atoms with Gasteiger partial charge in [0.2, 0.25) is 0 Å². The Balaban J connectivity index is 0.00000151. The van der Waals surface area contributed by atoms with E-state index in [0.717, 1.165) is 7.15 Å². The number of likely N-dealkylation sites (N-methyl/N-ethyl adjacent to an activating group) is 1. The molecule has 2 rings (SSSR count). The molecule has 1 atom stereocenters. The van der Waals surface area contributed by atoms with E-state index in [1.807, 2.05) is 53.4 Å². The number of aromatic nitrogens is 2. The summed E-state index contributed by atoms with van der Waals surface area (Å²) in [5, 5.41) is 3.85. The summed E-state index contributed by atoms with van der Waals surface area (Å²) < 4.78 is 16.2. The van der Waals surface area contributed by atoms with E-state index in [1.165, 1.54) is 0 Å². The summed E-state index contributed by atoms with van der Waals surface area (Å²) >= 11 is 0. The molecular formula is C17H31BN4O3. The molecule has 140 valence electrons. The van der Waals surface area contributed by atoms with Crippen LogP contribution in [0.3, 0.4) is 0 Å². The van der Waals surface area contributed by atoms with Crippen LogP contribution in [0.25, 0.3) is 0 Å². The van der Waals surface area contributed by atoms with Crippen LogP contribution in [0.1, 0.15) is 66.6 Å². The van der Waals surface area contributed by atoms with E-state index in [4.69, 9.17) is 4.52 Å². The van der Waals surface area contributed by atoms with Crippen LogP contribution in [0.5, 0.6) is 0 Å². The second-order valence-electron chi connectivity index (χ2n) is 7.66. The number of hydrogen-bond acceptors (Lipinski definition) is 6. The summed E-state index contributed by atoms with van der Waals surface area (Å²) in [6.45, 7) is 15.5. The molecule has 1 aliphatic heterocycles. The Bertz CT molecular complexity index is 629. The van der Waals surface area contributed by atoms with Crippen molar-refractivity contribution < 1.29 is 14.0 Å². The van der Waals surface area contributed by atoms with Crippen LogP contribution in [0.4, 0.5) is 0 Å². The Kier molecular flexibility index (Phi) is 6.32. The molecule has 1 saturated heterocycles.